The number of rotatable bonds is 4. The van der Waals surface area contributed by atoms with Crippen molar-refractivity contribution in [2.75, 3.05) is 13.1 Å². The number of carbonyl (C=O) groups is 2. The zero-order valence-corrected chi connectivity index (χ0v) is 15.6. The maximum absolute atomic E-state index is 13.0. The Labute approximate surface area is 150 Å². The minimum atomic E-state index is -0.602. The Hall–Kier alpha value is -2.04. The van der Waals surface area contributed by atoms with Crippen molar-refractivity contribution in [2.24, 2.45) is 0 Å². The Kier molecular flexibility index (Phi) is 6.85. The summed E-state index contributed by atoms with van der Waals surface area (Å²) in [6.45, 7) is 6.97. The highest BCUT2D eigenvalue weighted by atomic mass is 16.6. The summed E-state index contributed by atoms with van der Waals surface area (Å²) >= 11 is 0. The second-order valence-electron chi connectivity index (χ2n) is 7.63. The summed E-state index contributed by atoms with van der Waals surface area (Å²) in [5.74, 6) is -0.0170. The van der Waals surface area contributed by atoms with Gasteiger partial charge in [-0.3, -0.25) is 4.79 Å². The van der Waals surface area contributed by atoms with E-state index in [2.05, 4.69) is 5.32 Å². The van der Waals surface area contributed by atoms with Crippen LogP contribution in [0.3, 0.4) is 0 Å². The third-order valence-corrected chi connectivity index (χ3v) is 4.19. The fourth-order valence-electron chi connectivity index (χ4n) is 3.01. The maximum Gasteiger partial charge on any atom is 0.408 e. The van der Waals surface area contributed by atoms with Crippen LogP contribution in [0.1, 0.15) is 52.0 Å². The molecule has 1 unspecified atom stereocenters. The number of hydrogen-bond acceptors (Lipinski definition) is 3. The first-order valence-corrected chi connectivity index (χ1v) is 9.17. The lowest BCUT2D eigenvalue weighted by Gasteiger charge is -2.28. The number of alkyl carbamates (subject to hydrolysis) is 1. The highest BCUT2D eigenvalue weighted by Gasteiger charge is 2.28. The van der Waals surface area contributed by atoms with Crippen molar-refractivity contribution < 1.29 is 14.3 Å². The van der Waals surface area contributed by atoms with Crippen molar-refractivity contribution >= 4 is 12.0 Å². The lowest BCUT2D eigenvalue weighted by molar-refractivity contribution is -0.133. The van der Waals surface area contributed by atoms with E-state index in [1.807, 2.05) is 56.0 Å². The largest absolute Gasteiger partial charge is 0.444 e. The van der Waals surface area contributed by atoms with Crippen LogP contribution >= 0.6 is 0 Å². The van der Waals surface area contributed by atoms with Crippen LogP contribution in [-0.4, -0.2) is 41.6 Å². The number of nitrogens with one attached hydrogen (secondary N) is 1. The van der Waals surface area contributed by atoms with Gasteiger partial charge in [-0.05, 0) is 39.2 Å². The van der Waals surface area contributed by atoms with Gasteiger partial charge in [0, 0.05) is 19.5 Å². The molecule has 1 aliphatic rings. The molecule has 1 saturated heterocycles. The van der Waals surface area contributed by atoms with Gasteiger partial charge in [0.25, 0.3) is 0 Å². The molecule has 0 aromatic heterocycles. The fraction of sp³-hybridized carbons (Fsp3) is 0.600. The molecule has 1 N–H and O–H groups in total. The molecule has 1 aromatic rings. The molecule has 0 spiro atoms. The summed E-state index contributed by atoms with van der Waals surface area (Å²) in [5, 5.41) is 2.79. The zero-order valence-electron chi connectivity index (χ0n) is 15.6. The molecular formula is C20H30N2O3. The van der Waals surface area contributed by atoms with Crippen molar-refractivity contribution in [1.82, 2.24) is 10.2 Å². The summed E-state index contributed by atoms with van der Waals surface area (Å²) in [5.41, 5.74) is 0.430. The van der Waals surface area contributed by atoms with Gasteiger partial charge in [-0.25, -0.2) is 4.79 Å². The maximum atomic E-state index is 13.0. The first kappa shape index (κ1) is 19.3. The molecular weight excluding hydrogens is 316 g/mol. The first-order valence-electron chi connectivity index (χ1n) is 9.17. The van der Waals surface area contributed by atoms with Gasteiger partial charge in [-0.15, -0.1) is 0 Å². The van der Waals surface area contributed by atoms with Crippen molar-refractivity contribution in [1.29, 1.82) is 0 Å². The van der Waals surface area contributed by atoms with Gasteiger partial charge in [0.15, 0.2) is 0 Å². The average molecular weight is 346 g/mol. The molecule has 2 rings (SSSR count). The third kappa shape index (κ3) is 6.77. The standard InChI is InChI=1S/C20H30N2O3/c1-20(2,3)25-19(24)21-17(15-16-11-7-6-8-12-16)18(23)22-13-9-4-5-10-14-22/h6-8,11-12,17H,4-5,9-10,13-15H2,1-3H3,(H,21,24). The number of amides is 2. The number of nitrogens with zero attached hydrogens (tertiary/aromatic N) is 1. The summed E-state index contributed by atoms with van der Waals surface area (Å²) in [4.78, 5) is 27.1. The molecule has 1 aromatic carbocycles. The Morgan fingerprint density at radius 3 is 2.24 bits per heavy atom. The SMILES string of the molecule is CC(C)(C)OC(=O)NC(Cc1ccccc1)C(=O)N1CCCCCC1. The molecule has 138 valence electrons. The molecule has 0 saturated carbocycles. The van der Waals surface area contributed by atoms with Gasteiger partial charge in [0.2, 0.25) is 5.91 Å². The lowest BCUT2D eigenvalue weighted by Crippen LogP contribution is -2.51. The Morgan fingerprint density at radius 2 is 1.68 bits per heavy atom. The predicted molar refractivity (Wildman–Crippen MR) is 98.4 cm³/mol. The van der Waals surface area contributed by atoms with Crippen molar-refractivity contribution in [3.63, 3.8) is 0 Å². The normalized spacial score (nSPS) is 16.7. The van der Waals surface area contributed by atoms with Crippen LogP contribution in [0.2, 0.25) is 0 Å². The second-order valence-corrected chi connectivity index (χ2v) is 7.63. The molecule has 1 atom stereocenters. The topological polar surface area (TPSA) is 58.6 Å². The Bertz CT molecular complexity index is 558. The van der Waals surface area contributed by atoms with E-state index in [1.165, 1.54) is 0 Å². The molecule has 0 aliphatic carbocycles. The summed E-state index contributed by atoms with van der Waals surface area (Å²) in [7, 11) is 0. The van der Waals surface area contributed by atoms with E-state index in [9.17, 15) is 9.59 Å². The summed E-state index contributed by atoms with van der Waals surface area (Å²) < 4.78 is 5.35. The number of likely N-dealkylation sites (tertiary alicyclic amines) is 1. The van der Waals surface area contributed by atoms with Gasteiger partial charge in [-0.2, -0.15) is 0 Å². The van der Waals surface area contributed by atoms with E-state index in [0.717, 1.165) is 44.3 Å². The van der Waals surface area contributed by atoms with Crippen molar-refractivity contribution in [3.8, 4) is 0 Å². The molecule has 1 heterocycles. The fourth-order valence-corrected chi connectivity index (χ4v) is 3.01. The number of hydrogen-bond donors (Lipinski definition) is 1. The van der Waals surface area contributed by atoms with Gasteiger partial charge in [0.05, 0.1) is 0 Å². The van der Waals surface area contributed by atoms with Crippen molar-refractivity contribution in [3.05, 3.63) is 35.9 Å². The number of ether oxygens (including phenoxy) is 1. The average Bonchev–Trinajstić information content (AvgIpc) is 2.82. The first-order chi connectivity index (χ1) is 11.8. The van der Waals surface area contributed by atoms with Crippen LogP contribution < -0.4 is 5.32 Å². The monoisotopic (exact) mass is 346 g/mol. The molecule has 5 heteroatoms. The molecule has 2 amide bonds. The van der Waals surface area contributed by atoms with E-state index < -0.39 is 17.7 Å². The van der Waals surface area contributed by atoms with Gasteiger partial charge in [-0.1, -0.05) is 43.2 Å². The second kappa shape index (κ2) is 8.88. The summed E-state index contributed by atoms with van der Waals surface area (Å²) in [6.07, 6.45) is 4.29. The molecule has 1 aliphatic heterocycles. The number of carbonyl (C=O) groups excluding carboxylic acids is 2. The summed E-state index contributed by atoms with van der Waals surface area (Å²) in [6, 6.07) is 9.16. The minimum absolute atomic E-state index is 0.0170. The van der Waals surface area contributed by atoms with E-state index >= 15 is 0 Å². The van der Waals surface area contributed by atoms with E-state index in [4.69, 9.17) is 4.74 Å². The molecule has 25 heavy (non-hydrogen) atoms. The van der Waals surface area contributed by atoms with E-state index in [0.29, 0.717) is 6.42 Å². The zero-order chi connectivity index (χ0) is 18.3. The molecule has 0 bridgehead atoms. The smallest absolute Gasteiger partial charge is 0.408 e. The van der Waals surface area contributed by atoms with Gasteiger partial charge in [0.1, 0.15) is 11.6 Å². The Morgan fingerprint density at radius 1 is 1.08 bits per heavy atom. The number of benzene rings is 1. The van der Waals surface area contributed by atoms with E-state index in [1.54, 1.807) is 0 Å². The predicted octanol–water partition coefficient (Wildman–Crippen LogP) is 3.53. The quantitative estimate of drug-likeness (QED) is 0.907. The van der Waals surface area contributed by atoms with Crippen LogP contribution in [0.25, 0.3) is 0 Å². The highest BCUT2D eigenvalue weighted by Crippen LogP contribution is 2.14. The van der Waals surface area contributed by atoms with Gasteiger partial charge >= 0.3 is 6.09 Å². The Balaban J connectivity index is 2.09. The van der Waals surface area contributed by atoms with Crippen LogP contribution in [0, 0.1) is 0 Å². The molecule has 1 fully saturated rings. The molecule has 5 nitrogen and oxygen atoms in total. The van der Waals surface area contributed by atoms with Crippen LogP contribution in [-0.2, 0) is 16.0 Å². The molecule has 0 radical (unpaired) electrons. The van der Waals surface area contributed by atoms with Crippen LogP contribution in [0.15, 0.2) is 30.3 Å². The van der Waals surface area contributed by atoms with Gasteiger partial charge < -0.3 is 15.0 Å². The van der Waals surface area contributed by atoms with Crippen LogP contribution in [0.4, 0.5) is 4.79 Å². The third-order valence-electron chi connectivity index (χ3n) is 4.19. The lowest BCUT2D eigenvalue weighted by atomic mass is 10.0. The van der Waals surface area contributed by atoms with Crippen LogP contribution in [0.5, 0.6) is 0 Å². The highest BCUT2D eigenvalue weighted by molar-refractivity contribution is 5.86. The van der Waals surface area contributed by atoms with Crippen molar-refractivity contribution in [2.45, 2.75) is 64.5 Å². The van der Waals surface area contributed by atoms with E-state index in [-0.39, 0.29) is 5.91 Å². The minimum Gasteiger partial charge on any atom is -0.444 e.